The van der Waals surface area contributed by atoms with Crippen molar-refractivity contribution < 1.29 is 19.7 Å². The zero-order chi connectivity index (χ0) is 76.2. The normalized spacial score (nSPS) is 11.5. The van der Waals surface area contributed by atoms with E-state index in [1.165, 1.54) is 152 Å². The van der Waals surface area contributed by atoms with Crippen LogP contribution in [0.15, 0.2) is 413 Å². The molecule has 0 amide bonds. The van der Waals surface area contributed by atoms with Crippen LogP contribution in [0.25, 0.3) is 207 Å². The molecule has 1 radical (unpaired) electrons. The number of hydrogen-bond acceptors (Lipinski definition) is 4. The maximum atomic E-state index is 9.70. The van der Waals surface area contributed by atoms with Gasteiger partial charge in [-0.2, -0.15) is 0 Å². The Morgan fingerprint density at radius 2 is 0.465 bits per heavy atom. The molecule has 3 N–H and O–H groups in total. The molecule has 0 aromatic heterocycles. The maximum absolute atomic E-state index is 9.70. The van der Waals surface area contributed by atoms with Gasteiger partial charge < -0.3 is 19.7 Å². The van der Waals surface area contributed by atoms with Gasteiger partial charge in [0.05, 0.1) is 0 Å². The topological polar surface area (TPSA) is 69.9 Å². The Hall–Kier alpha value is -14.2. The Morgan fingerprint density at radius 1 is 0.184 bits per heavy atom. The predicted octanol–water partition coefficient (Wildman–Crippen LogP) is 27.2. The zero-order valence-corrected chi connectivity index (χ0v) is 62.2. The Balaban J connectivity index is 0.000000121. The van der Waals surface area contributed by atoms with Crippen LogP contribution >= 0.6 is 0 Å². The molecule has 114 heavy (non-hydrogen) atoms. The molecule has 533 valence electrons. The second-order valence-corrected chi connectivity index (χ2v) is 29.5. The zero-order valence-electron chi connectivity index (χ0n) is 62.2. The second-order valence-electron chi connectivity index (χ2n) is 29.5. The molecule has 0 saturated carbocycles. The summed E-state index contributed by atoms with van der Waals surface area (Å²) in [5, 5.41) is 57.2. The standard InChI is InChI=1S/C54H34.C34H22BO2.C20H15BO2/c1-3-13-40-32-42(26-20-35(40)10-1)43-29-31-51-52(34-43)53(49-16-7-8-17-50(49)54(51)44-27-21-36-11-2-4-14-41(36)33-44)39-24-22-38(23-25-39)46-18-9-19-47-45-15-6-5-12-37(45)28-30-48(46)47;36-35-37-34-31-12-6-5-11-29(31)33(28-16-14-23-8-2-4-10-25(23)20-28)30-18-17-27(21-32(30)34)26-15-13-22-7-1-3-9-24(22)19-26;22-21(23)16-11-8-15(9-12-16)18-6-3-7-19-17-5-2-1-4-14(17)10-13-20(18)19/h1-34H;1-21,36H;1-13,22-23H. The molecule has 0 atom stereocenters. The van der Waals surface area contributed by atoms with E-state index in [1.54, 1.807) is 12.1 Å². The fourth-order valence-corrected chi connectivity index (χ4v) is 17.5. The van der Waals surface area contributed by atoms with Crippen molar-refractivity contribution in [2.24, 2.45) is 0 Å². The summed E-state index contributed by atoms with van der Waals surface area (Å²) in [4.78, 5) is 0. The summed E-state index contributed by atoms with van der Waals surface area (Å²) < 4.78 is 5.79. The van der Waals surface area contributed by atoms with Gasteiger partial charge in [0.2, 0.25) is 0 Å². The first kappa shape index (κ1) is 69.0. The lowest BCUT2D eigenvalue weighted by molar-refractivity contribution is 0.425. The highest BCUT2D eigenvalue weighted by molar-refractivity contribution is 6.58. The lowest BCUT2D eigenvalue weighted by Gasteiger charge is -2.19. The molecule has 0 saturated heterocycles. The highest BCUT2D eigenvalue weighted by Gasteiger charge is 2.22. The van der Waals surface area contributed by atoms with Crippen LogP contribution in [0, 0.1) is 0 Å². The van der Waals surface area contributed by atoms with E-state index < -0.39 is 7.12 Å². The van der Waals surface area contributed by atoms with E-state index >= 15 is 0 Å². The van der Waals surface area contributed by atoms with Crippen LogP contribution in [-0.2, 0) is 0 Å². The van der Waals surface area contributed by atoms with Gasteiger partial charge in [0, 0.05) is 10.8 Å². The van der Waals surface area contributed by atoms with E-state index in [2.05, 4.69) is 382 Å². The van der Waals surface area contributed by atoms with E-state index in [-0.39, 0.29) is 0 Å². The van der Waals surface area contributed by atoms with Crippen LogP contribution in [-0.4, -0.2) is 29.9 Å². The van der Waals surface area contributed by atoms with Gasteiger partial charge in [-0.15, -0.1) is 0 Å². The molecule has 0 aliphatic heterocycles. The third-order valence-corrected chi connectivity index (χ3v) is 23.0. The van der Waals surface area contributed by atoms with Gasteiger partial charge in [-0.1, -0.05) is 376 Å². The molecule has 0 bridgehead atoms. The maximum Gasteiger partial charge on any atom is 0.569 e. The van der Waals surface area contributed by atoms with Crippen molar-refractivity contribution in [1.29, 1.82) is 0 Å². The van der Waals surface area contributed by atoms with Crippen molar-refractivity contribution in [3.05, 3.63) is 413 Å². The summed E-state index contributed by atoms with van der Waals surface area (Å²) >= 11 is 0. The van der Waals surface area contributed by atoms with Crippen LogP contribution < -0.4 is 10.1 Å². The van der Waals surface area contributed by atoms with E-state index in [1.807, 2.05) is 18.2 Å². The number of benzene rings is 22. The van der Waals surface area contributed by atoms with Crippen LogP contribution in [0.2, 0.25) is 0 Å². The number of hydrogen-bond donors (Lipinski definition) is 3. The molecule has 22 aromatic rings. The van der Waals surface area contributed by atoms with Crippen LogP contribution in [0.3, 0.4) is 0 Å². The summed E-state index contributed by atoms with van der Waals surface area (Å²) in [6.45, 7) is 0. The smallest absolute Gasteiger partial charge is 0.537 e. The first-order chi connectivity index (χ1) is 56.3. The Kier molecular flexibility index (Phi) is 17.9. The van der Waals surface area contributed by atoms with E-state index in [4.69, 9.17) is 4.65 Å². The summed E-state index contributed by atoms with van der Waals surface area (Å²) in [5.41, 5.74) is 17.2. The van der Waals surface area contributed by atoms with Gasteiger partial charge in [0.1, 0.15) is 5.75 Å². The third-order valence-electron chi connectivity index (χ3n) is 23.0. The summed E-state index contributed by atoms with van der Waals surface area (Å²) in [6, 6.07) is 147. The molecular formula is C108H71B2O4. The van der Waals surface area contributed by atoms with Gasteiger partial charge in [-0.05, 0) is 238 Å². The van der Waals surface area contributed by atoms with Crippen LogP contribution in [0.1, 0.15) is 0 Å². The Labute approximate surface area is 661 Å². The molecular weight excluding hydrogens is 1380 g/mol. The Morgan fingerprint density at radius 3 is 0.904 bits per heavy atom. The molecule has 0 heterocycles. The predicted molar refractivity (Wildman–Crippen MR) is 486 cm³/mol. The molecule has 4 nitrogen and oxygen atoms in total. The number of fused-ring (bicyclic) bond motifs is 14. The van der Waals surface area contributed by atoms with Crippen molar-refractivity contribution >= 4 is 150 Å². The van der Waals surface area contributed by atoms with E-state index in [0.717, 1.165) is 62.6 Å². The van der Waals surface area contributed by atoms with Crippen molar-refractivity contribution in [3.63, 3.8) is 0 Å². The third kappa shape index (κ3) is 12.7. The first-order valence-corrected chi connectivity index (χ1v) is 38.8. The minimum atomic E-state index is -1.43. The summed E-state index contributed by atoms with van der Waals surface area (Å²) in [6.07, 6.45) is 0. The van der Waals surface area contributed by atoms with Crippen molar-refractivity contribution in [2.45, 2.75) is 0 Å². The van der Waals surface area contributed by atoms with Crippen molar-refractivity contribution in [2.75, 3.05) is 0 Å². The van der Waals surface area contributed by atoms with Crippen LogP contribution in [0.4, 0.5) is 0 Å². The Bertz CT molecular complexity index is 7540. The fourth-order valence-electron chi connectivity index (χ4n) is 17.5. The monoisotopic (exact) mass is 1450 g/mol. The highest BCUT2D eigenvalue weighted by Crippen LogP contribution is 2.49. The minimum absolute atomic E-state index is 0.499. The SMILES string of the molecule is OB(O)c1ccc(-c2cccc3c2ccc2ccccc23)cc1.O[B]Oc1c2ccccc2c(-c2ccc3ccccc3c2)c2ccc(-c3ccc4ccccc4c3)cc12.c1ccc2cc(-c3ccc4c(-c5ccc6ccccc6c5)c5ccccc5c(-c5ccc(-c6cccc7c6ccc6ccccc67)cc5)c4c3)ccc2c1. The second kappa shape index (κ2) is 29.5. The molecule has 0 spiro atoms. The fraction of sp³-hybridized carbons (Fsp3) is 0. The lowest BCUT2D eigenvalue weighted by atomic mass is 9.79. The molecule has 22 rings (SSSR count). The average molecular weight is 1450 g/mol. The summed E-state index contributed by atoms with van der Waals surface area (Å²) in [5.74, 6) is 0.653. The molecule has 6 heteroatoms. The van der Waals surface area contributed by atoms with Gasteiger partial charge in [-0.3, -0.25) is 0 Å². The minimum Gasteiger partial charge on any atom is -0.537 e. The molecule has 0 fully saturated rings. The molecule has 0 aliphatic carbocycles. The van der Waals surface area contributed by atoms with Gasteiger partial charge in [-0.25, -0.2) is 0 Å². The lowest BCUT2D eigenvalue weighted by Crippen LogP contribution is -2.29. The number of rotatable bonds is 10. The van der Waals surface area contributed by atoms with Gasteiger partial charge in [0.15, 0.2) is 0 Å². The highest BCUT2D eigenvalue weighted by atomic mass is 16.5. The molecule has 0 unspecified atom stereocenters. The van der Waals surface area contributed by atoms with Crippen molar-refractivity contribution in [3.8, 4) is 83.6 Å². The first-order valence-electron chi connectivity index (χ1n) is 38.8. The molecule has 0 aliphatic rings. The average Bonchev–Trinajstić information content (AvgIpc) is 0.728. The van der Waals surface area contributed by atoms with E-state index in [9.17, 15) is 15.1 Å². The molecule has 22 aromatic carbocycles. The summed E-state index contributed by atoms with van der Waals surface area (Å²) in [7, 11) is -0.653. The van der Waals surface area contributed by atoms with Crippen LogP contribution in [0.5, 0.6) is 5.75 Å². The largest absolute Gasteiger partial charge is 0.569 e. The van der Waals surface area contributed by atoms with Gasteiger partial charge in [0.25, 0.3) is 0 Å². The quantitative estimate of drug-likeness (QED) is 0.0725. The van der Waals surface area contributed by atoms with E-state index in [0.29, 0.717) is 11.2 Å². The van der Waals surface area contributed by atoms with Gasteiger partial charge >= 0.3 is 14.8 Å². The van der Waals surface area contributed by atoms with Crippen molar-refractivity contribution in [1.82, 2.24) is 0 Å².